The van der Waals surface area contributed by atoms with Crippen LogP contribution in [0.5, 0.6) is 5.75 Å². The number of aryl methyl sites for hydroxylation is 1. The summed E-state index contributed by atoms with van der Waals surface area (Å²) in [6.45, 7) is 4.41. The molecule has 1 unspecified atom stereocenters. The van der Waals surface area contributed by atoms with Crippen molar-refractivity contribution in [3.8, 4) is 5.75 Å². The predicted molar refractivity (Wildman–Crippen MR) is 68.2 cm³/mol. The number of phenolic OH excluding ortho intramolecular Hbond substituents is 1. The van der Waals surface area contributed by atoms with Crippen LogP contribution < -0.4 is 0 Å². The second-order valence-corrected chi connectivity index (χ2v) is 5.53. The quantitative estimate of drug-likeness (QED) is 0.867. The van der Waals surface area contributed by atoms with E-state index in [9.17, 15) is 9.90 Å². The van der Waals surface area contributed by atoms with Gasteiger partial charge in [-0.25, -0.2) is 0 Å². The highest BCUT2D eigenvalue weighted by Gasteiger charge is 2.14. The lowest BCUT2D eigenvalue weighted by Gasteiger charge is -2.18. The van der Waals surface area contributed by atoms with Gasteiger partial charge in [0.05, 0.1) is 0 Å². The van der Waals surface area contributed by atoms with Crippen LogP contribution >= 0.6 is 15.9 Å². The summed E-state index contributed by atoms with van der Waals surface area (Å²) in [6, 6.07) is 4.98. The van der Waals surface area contributed by atoms with Crippen molar-refractivity contribution in [1.29, 1.82) is 0 Å². The Balaban J connectivity index is 2.84. The summed E-state index contributed by atoms with van der Waals surface area (Å²) in [7, 11) is 1.75. The van der Waals surface area contributed by atoms with Crippen LogP contribution in [0.25, 0.3) is 0 Å². The number of aromatic hydroxyl groups is 1. The van der Waals surface area contributed by atoms with Crippen molar-refractivity contribution in [2.45, 2.75) is 18.7 Å². The van der Waals surface area contributed by atoms with Gasteiger partial charge >= 0.3 is 0 Å². The Kier molecular flexibility index (Phi) is 4.35. The highest BCUT2D eigenvalue weighted by molar-refractivity contribution is 9.09. The largest absolute Gasteiger partial charge is 0.508 e. The molecule has 1 amide bonds. The molecule has 1 N–H and O–H groups in total. The number of phenols is 1. The van der Waals surface area contributed by atoms with Crippen molar-refractivity contribution >= 4 is 21.8 Å². The zero-order valence-electron chi connectivity index (χ0n) is 9.70. The lowest BCUT2D eigenvalue weighted by atomic mass is 10.1. The average Bonchev–Trinajstić information content (AvgIpc) is 2.20. The van der Waals surface area contributed by atoms with Crippen molar-refractivity contribution in [3.05, 3.63) is 29.3 Å². The first kappa shape index (κ1) is 13.0. The van der Waals surface area contributed by atoms with Crippen LogP contribution in [0.15, 0.2) is 18.2 Å². The Morgan fingerprint density at radius 2 is 2.19 bits per heavy atom. The average molecular weight is 286 g/mol. The molecule has 0 aliphatic heterocycles. The number of halogens is 1. The third-order valence-corrected chi connectivity index (χ3v) is 2.62. The molecule has 88 valence electrons. The smallest absolute Gasteiger partial charge is 0.253 e. The molecule has 0 aromatic heterocycles. The van der Waals surface area contributed by atoms with Crippen LogP contribution in [0.2, 0.25) is 0 Å². The summed E-state index contributed by atoms with van der Waals surface area (Å²) in [6.07, 6.45) is 0. The molecule has 3 nitrogen and oxygen atoms in total. The normalized spacial score (nSPS) is 12.2. The molecule has 0 aliphatic rings. The zero-order chi connectivity index (χ0) is 12.3. The standard InChI is InChI=1S/C12H16BrNO2/c1-8-4-5-10(6-11(8)15)12(16)14(3)7-9(2)13/h4-6,9,15H,7H2,1-3H3. The van der Waals surface area contributed by atoms with Gasteiger partial charge in [-0.05, 0) is 24.6 Å². The van der Waals surface area contributed by atoms with Gasteiger partial charge in [0.15, 0.2) is 0 Å². The van der Waals surface area contributed by atoms with Gasteiger partial charge in [-0.3, -0.25) is 4.79 Å². The maximum absolute atomic E-state index is 11.9. The van der Waals surface area contributed by atoms with E-state index in [1.54, 1.807) is 31.0 Å². The molecule has 1 atom stereocenters. The predicted octanol–water partition coefficient (Wildman–Crippen LogP) is 2.56. The monoisotopic (exact) mass is 285 g/mol. The Morgan fingerprint density at radius 3 is 2.69 bits per heavy atom. The number of rotatable bonds is 3. The van der Waals surface area contributed by atoms with Crippen molar-refractivity contribution in [3.63, 3.8) is 0 Å². The third kappa shape index (κ3) is 3.23. The molecule has 1 rings (SSSR count). The molecule has 0 bridgehead atoms. The molecular formula is C12H16BrNO2. The number of nitrogens with zero attached hydrogens (tertiary/aromatic N) is 1. The fourth-order valence-corrected chi connectivity index (χ4v) is 1.86. The molecule has 0 heterocycles. The second kappa shape index (κ2) is 5.34. The van der Waals surface area contributed by atoms with Crippen LogP contribution in [-0.2, 0) is 0 Å². The highest BCUT2D eigenvalue weighted by Crippen LogP contribution is 2.18. The zero-order valence-corrected chi connectivity index (χ0v) is 11.3. The Labute approximate surface area is 104 Å². The second-order valence-electron chi connectivity index (χ2n) is 3.97. The van der Waals surface area contributed by atoms with Crippen LogP contribution in [0, 0.1) is 6.92 Å². The number of alkyl halides is 1. The highest BCUT2D eigenvalue weighted by atomic mass is 79.9. The molecule has 0 radical (unpaired) electrons. The topological polar surface area (TPSA) is 40.5 Å². The molecule has 1 aromatic rings. The van der Waals surface area contributed by atoms with Gasteiger partial charge in [0.2, 0.25) is 0 Å². The van der Waals surface area contributed by atoms with E-state index in [1.165, 1.54) is 6.07 Å². The minimum atomic E-state index is -0.0819. The van der Waals surface area contributed by atoms with Crippen LogP contribution in [-0.4, -0.2) is 34.3 Å². The van der Waals surface area contributed by atoms with Crippen molar-refractivity contribution in [1.82, 2.24) is 4.90 Å². The van der Waals surface area contributed by atoms with E-state index in [0.717, 1.165) is 5.56 Å². The van der Waals surface area contributed by atoms with E-state index in [4.69, 9.17) is 0 Å². The SMILES string of the molecule is Cc1ccc(C(=O)N(C)CC(C)Br)cc1O. The summed E-state index contributed by atoms with van der Waals surface area (Å²) in [5, 5.41) is 9.53. The maximum atomic E-state index is 11.9. The van der Waals surface area contributed by atoms with Crippen molar-refractivity contribution in [2.24, 2.45) is 0 Å². The summed E-state index contributed by atoms with van der Waals surface area (Å²) in [5.41, 5.74) is 1.28. The summed E-state index contributed by atoms with van der Waals surface area (Å²) < 4.78 is 0. The van der Waals surface area contributed by atoms with Crippen LogP contribution in [0.1, 0.15) is 22.8 Å². The Morgan fingerprint density at radius 1 is 1.56 bits per heavy atom. The van der Waals surface area contributed by atoms with E-state index < -0.39 is 0 Å². The maximum Gasteiger partial charge on any atom is 0.253 e. The fourth-order valence-electron chi connectivity index (χ4n) is 1.42. The molecular weight excluding hydrogens is 270 g/mol. The van der Waals surface area contributed by atoms with Crippen molar-refractivity contribution < 1.29 is 9.90 Å². The summed E-state index contributed by atoms with van der Waals surface area (Å²) in [5.74, 6) is 0.0766. The summed E-state index contributed by atoms with van der Waals surface area (Å²) >= 11 is 3.40. The Hall–Kier alpha value is -1.03. The van der Waals surface area contributed by atoms with Gasteiger partial charge in [0.25, 0.3) is 5.91 Å². The molecule has 0 spiro atoms. The number of carbonyl (C=O) groups excluding carboxylic acids is 1. The molecule has 0 fully saturated rings. The molecule has 16 heavy (non-hydrogen) atoms. The minimum absolute atomic E-state index is 0.0819. The van der Waals surface area contributed by atoms with Gasteiger partial charge < -0.3 is 10.0 Å². The fraction of sp³-hybridized carbons (Fsp3) is 0.417. The van der Waals surface area contributed by atoms with Crippen molar-refractivity contribution in [2.75, 3.05) is 13.6 Å². The van der Waals surface area contributed by atoms with E-state index >= 15 is 0 Å². The number of benzene rings is 1. The van der Waals surface area contributed by atoms with E-state index in [0.29, 0.717) is 12.1 Å². The molecule has 0 saturated heterocycles. The third-order valence-electron chi connectivity index (χ3n) is 2.33. The first-order valence-corrected chi connectivity index (χ1v) is 6.02. The first-order valence-electron chi connectivity index (χ1n) is 5.11. The minimum Gasteiger partial charge on any atom is -0.508 e. The van der Waals surface area contributed by atoms with Gasteiger partial charge in [-0.1, -0.05) is 28.9 Å². The molecule has 4 heteroatoms. The van der Waals surface area contributed by atoms with Crippen LogP contribution in [0.4, 0.5) is 0 Å². The van der Waals surface area contributed by atoms with E-state index in [1.807, 2.05) is 6.92 Å². The lowest BCUT2D eigenvalue weighted by molar-refractivity contribution is 0.0797. The van der Waals surface area contributed by atoms with Gasteiger partial charge in [0.1, 0.15) is 5.75 Å². The van der Waals surface area contributed by atoms with Gasteiger partial charge in [-0.15, -0.1) is 0 Å². The molecule has 0 aliphatic carbocycles. The molecule has 0 saturated carbocycles. The number of hydrogen-bond acceptors (Lipinski definition) is 2. The van der Waals surface area contributed by atoms with E-state index in [2.05, 4.69) is 15.9 Å². The Bertz CT molecular complexity index is 391. The van der Waals surface area contributed by atoms with Gasteiger partial charge in [-0.2, -0.15) is 0 Å². The van der Waals surface area contributed by atoms with Gasteiger partial charge in [0, 0.05) is 24.0 Å². The number of amides is 1. The number of hydrogen-bond donors (Lipinski definition) is 1. The first-order chi connectivity index (χ1) is 7.41. The number of carbonyl (C=O) groups is 1. The lowest BCUT2D eigenvalue weighted by Crippen LogP contribution is -2.31. The summed E-state index contributed by atoms with van der Waals surface area (Å²) in [4.78, 5) is 13.8. The van der Waals surface area contributed by atoms with Crippen LogP contribution in [0.3, 0.4) is 0 Å². The molecule has 1 aromatic carbocycles. The van der Waals surface area contributed by atoms with E-state index in [-0.39, 0.29) is 16.5 Å².